The largest absolute Gasteiger partial charge is 0.512 e. The number of ether oxygens (including phenoxy) is 2. The number of esters is 1. The van der Waals surface area contributed by atoms with Crippen LogP contribution in [0.4, 0.5) is 9.18 Å². The standard InChI is InChI=1S/C19H33FNO6P/c1-12(2)17(22)26-18(13(3)4)27-19(23)21-11-10-15(20)16(28(24)25)14-8-6-5-7-9-14/h12-16,18H,5-11H2,1-4H3,(H-,21,23,24,25)/p+1/t15-,16-,18+/m1/s1. The molecule has 0 radical (unpaired) electrons. The van der Waals surface area contributed by atoms with Gasteiger partial charge in [-0.1, -0.05) is 47.0 Å². The van der Waals surface area contributed by atoms with E-state index in [9.17, 15) is 23.4 Å². The highest BCUT2D eigenvalue weighted by atomic mass is 31.1. The molecule has 7 nitrogen and oxygen atoms in total. The number of hydrogen-bond acceptors (Lipinski definition) is 5. The molecule has 1 aliphatic rings. The van der Waals surface area contributed by atoms with E-state index in [0.29, 0.717) is 0 Å². The zero-order valence-corrected chi connectivity index (χ0v) is 18.1. The van der Waals surface area contributed by atoms with Crippen molar-refractivity contribution in [3.05, 3.63) is 0 Å². The Kier molecular flexibility index (Phi) is 10.9. The van der Waals surface area contributed by atoms with Gasteiger partial charge < -0.3 is 14.8 Å². The van der Waals surface area contributed by atoms with Gasteiger partial charge >= 0.3 is 20.1 Å². The molecular weight excluding hydrogens is 388 g/mol. The van der Waals surface area contributed by atoms with Crippen molar-refractivity contribution in [1.82, 2.24) is 5.32 Å². The van der Waals surface area contributed by atoms with Gasteiger partial charge in [0, 0.05) is 24.8 Å². The summed E-state index contributed by atoms with van der Waals surface area (Å²) in [6, 6.07) is 0. The first kappa shape index (κ1) is 24.8. The first-order valence-electron chi connectivity index (χ1n) is 10.1. The fraction of sp³-hybridized carbons (Fsp3) is 0.895. The second-order valence-electron chi connectivity index (χ2n) is 8.03. The van der Waals surface area contributed by atoms with Crippen LogP contribution in [0.2, 0.25) is 0 Å². The van der Waals surface area contributed by atoms with E-state index in [1.54, 1.807) is 27.7 Å². The van der Waals surface area contributed by atoms with Gasteiger partial charge in [-0.3, -0.25) is 4.79 Å². The van der Waals surface area contributed by atoms with E-state index in [2.05, 4.69) is 5.32 Å². The van der Waals surface area contributed by atoms with E-state index >= 15 is 0 Å². The van der Waals surface area contributed by atoms with Crippen molar-refractivity contribution >= 4 is 20.1 Å². The highest BCUT2D eigenvalue weighted by molar-refractivity contribution is 7.39. The molecule has 0 aromatic rings. The summed E-state index contributed by atoms with van der Waals surface area (Å²) in [5.41, 5.74) is -0.900. The van der Waals surface area contributed by atoms with Crippen LogP contribution in [0.3, 0.4) is 0 Å². The highest BCUT2D eigenvalue weighted by Crippen LogP contribution is 2.41. The van der Waals surface area contributed by atoms with Gasteiger partial charge in [-0.15, -0.1) is 0 Å². The Labute approximate surface area is 167 Å². The van der Waals surface area contributed by atoms with E-state index in [-0.39, 0.29) is 30.7 Å². The molecule has 1 amide bonds. The summed E-state index contributed by atoms with van der Waals surface area (Å²) in [5, 5.41) is 2.43. The van der Waals surface area contributed by atoms with Crippen LogP contribution in [0.1, 0.15) is 66.2 Å². The molecule has 1 saturated carbocycles. The lowest BCUT2D eigenvalue weighted by molar-refractivity contribution is -0.178. The molecule has 1 aliphatic carbocycles. The molecule has 0 heterocycles. The zero-order valence-electron chi connectivity index (χ0n) is 17.2. The Morgan fingerprint density at radius 1 is 1.14 bits per heavy atom. The molecule has 9 heteroatoms. The van der Waals surface area contributed by atoms with Gasteiger partial charge in [0.25, 0.3) is 6.29 Å². The molecule has 1 rings (SSSR count). The molecule has 1 unspecified atom stereocenters. The molecular formula is C19H34FNO6P+. The van der Waals surface area contributed by atoms with Crippen molar-refractivity contribution in [3.8, 4) is 0 Å². The Balaban J connectivity index is 2.47. The quantitative estimate of drug-likeness (QED) is 0.309. The summed E-state index contributed by atoms with van der Waals surface area (Å²) in [4.78, 5) is 33.2. The number of rotatable bonds is 10. The maximum Gasteiger partial charge on any atom is 0.512 e. The Morgan fingerprint density at radius 3 is 2.25 bits per heavy atom. The van der Waals surface area contributed by atoms with E-state index < -0.39 is 38.2 Å². The Hall–Kier alpha value is -1.27. The predicted molar refractivity (Wildman–Crippen MR) is 104 cm³/mol. The van der Waals surface area contributed by atoms with Gasteiger partial charge in [-0.05, 0) is 17.4 Å². The van der Waals surface area contributed by atoms with Gasteiger partial charge in [0.05, 0.1) is 5.92 Å². The smallest absolute Gasteiger partial charge is 0.425 e. The highest BCUT2D eigenvalue weighted by Gasteiger charge is 2.44. The number of amides is 1. The molecule has 4 atom stereocenters. The third-order valence-corrected chi connectivity index (χ3v) is 6.17. The summed E-state index contributed by atoms with van der Waals surface area (Å²) in [7, 11) is -2.62. The number of carbonyl (C=O) groups is 2. The second kappa shape index (κ2) is 12.3. The fourth-order valence-electron chi connectivity index (χ4n) is 3.27. The van der Waals surface area contributed by atoms with Gasteiger partial charge in [0.1, 0.15) is 0 Å². The van der Waals surface area contributed by atoms with Crippen LogP contribution in [-0.2, 0) is 18.8 Å². The average molecular weight is 422 g/mol. The topological polar surface area (TPSA) is 102 Å². The van der Waals surface area contributed by atoms with Crippen molar-refractivity contribution in [1.29, 1.82) is 0 Å². The minimum absolute atomic E-state index is 0.0324. The summed E-state index contributed by atoms with van der Waals surface area (Å²) in [5.74, 6) is -1.16. The van der Waals surface area contributed by atoms with Crippen LogP contribution >= 0.6 is 8.03 Å². The fourth-order valence-corrected chi connectivity index (χ4v) is 4.35. The van der Waals surface area contributed by atoms with Crippen molar-refractivity contribution in [2.75, 3.05) is 6.54 Å². The van der Waals surface area contributed by atoms with Gasteiger partial charge in [0.15, 0.2) is 6.17 Å². The van der Waals surface area contributed by atoms with Crippen molar-refractivity contribution in [2.45, 2.75) is 84.3 Å². The number of nitrogens with one attached hydrogen (secondary N) is 1. The number of halogens is 1. The van der Waals surface area contributed by atoms with Crippen molar-refractivity contribution in [3.63, 3.8) is 0 Å². The molecule has 0 bridgehead atoms. The molecule has 1 fully saturated rings. The lowest BCUT2D eigenvalue weighted by atomic mass is 9.85. The SMILES string of the molecule is CC(C)C(=O)O[C@@H](OC(=O)NCC[C@@H](F)[C@@H](C1CCCCC1)[P+](=O)O)C(C)C. The lowest BCUT2D eigenvalue weighted by Crippen LogP contribution is -2.37. The zero-order chi connectivity index (χ0) is 21.3. The third-order valence-electron chi connectivity index (χ3n) is 4.92. The number of hydrogen-bond donors (Lipinski definition) is 2. The van der Waals surface area contributed by atoms with Gasteiger partial charge in [-0.25, -0.2) is 9.18 Å². The van der Waals surface area contributed by atoms with Crippen LogP contribution in [0.15, 0.2) is 0 Å². The molecule has 0 aliphatic heterocycles. The summed E-state index contributed by atoms with van der Waals surface area (Å²) in [6.45, 7) is 6.81. The minimum atomic E-state index is -2.62. The molecule has 2 N–H and O–H groups in total. The van der Waals surface area contributed by atoms with Crippen LogP contribution in [-0.4, -0.2) is 41.6 Å². The Bertz CT molecular complexity index is 525. The maximum atomic E-state index is 14.6. The Morgan fingerprint density at radius 2 is 1.75 bits per heavy atom. The number of carbonyl (C=O) groups excluding carboxylic acids is 2. The molecule has 0 aromatic carbocycles. The van der Waals surface area contributed by atoms with Crippen LogP contribution in [0.5, 0.6) is 0 Å². The molecule has 0 saturated heterocycles. The third kappa shape index (κ3) is 8.39. The first-order valence-corrected chi connectivity index (χ1v) is 11.4. The minimum Gasteiger partial charge on any atom is -0.425 e. The molecule has 0 spiro atoms. The maximum absolute atomic E-state index is 14.6. The van der Waals surface area contributed by atoms with Crippen LogP contribution in [0.25, 0.3) is 0 Å². The number of alkyl halides is 1. The number of alkyl carbamates (subject to hydrolysis) is 1. The van der Waals surface area contributed by atoms with Crippen molar-refractivity contribution < 1.29 is 32.9 Å². The van der Waals surface area contributed by atoms with E-state index in [0.717, 1.165) is 32.1 Å². The van der Waals surface area contributed by atoms with Crippen LogP contribution < -0.4 is 5.32 Å². The molecule has 162 valence electrons. The monoisotopic (exact) mass is 422 g/mol. The molecule has 28 heavy (non-hydrogen) atoms. The van der Waals surface area contributed by atoms with Crippen LogP contribution in [0, 0.1) is 17.8 Å². The van der Waals surface area contributed by atoms with E-state index in [1.165, 1.54) is 0 Å². The second-order valence-corrected chi connectivity index (χ2v) is 9.23. The van der Waals surface area contributed by atoms with E-state index in [1.807, 2.05) is 0 Å². The molecule has 0 aromatic heterocycles. The lowest BCUT2D eigenvalue weighted by Gasteiger charge is -2.25. The summed E-state index contributed by atoms with van der Waals surface area (Å²) >= 11 is 0. The van der Waals surface area contributed by atoms with Gasteiger partial charge in [0.2, 0.25) is 5.66 Å². The summed E-state index contributed by atoms with van der Waals surface area (Å²) < 4.78 is 36.5. The van der Waals surface area contributed by atoms with E-state index in [4.69, 9.17) is 9.47 Å². The summed E-state index contributed by atoms with van der Waals surface area (Å²) in [6.07, 6.45) is 1.11. The predicted octanol–water partition coefficient (Wildman–Crippen LogP) is 4.31. The van der Waals surface area contributed by atoms with Gasteiger partial charge in [-0.2, -0.15) is 4.89 Å². The first-order chi connectivity index (χ1) is 13.1. The average Bonchev–Trinajstić information content (AvgIpc) is 2.61. The van der Waals surface area contributed by atoms with Crippen molar-refractivity contribution in [2.24, 2.45) is 17.8 Å². The normalized spacial score (nSPS) is 19.1.